The quantitative estimate of drug-likeness (QED) is 0.856. The second-order valence-electron chi connectivity index (χ2n) is 5.81. The first-order valence-electron chi connectivity index (χ1n) is 7.40. The van der Waals surface area contributed by atoms with Gasteiger partial charge in [0.15, 0.2) is 0 Å². The zero-order chi connectivity index (χ0) is 15.6. The number of amides is 1. The zero-order valence-electron chi connectivity index (χ0n) is 12.1. The van der Waals surface area contributed by atoms with Gasteiger partial charge >= 0.3 is 0 Å². The molecule has 1 aliphatic rings. The first-order valence-corrected chi connectivity index (χ1v) is 8.19. The molecule has 0 aliphatic heterocycles. The summed E-state index contributed by atoms with van der Waals surface area (Å²) in [5.41, 5.74) is 1.78. The number of benzene rings is 2. The number of hydrogen-bond donors (Lipinski definition) is 1. The van der Waals surface area contributed by atoms with E-state index in [1.807, 2.05) is 18.2 Å². The van der Waals surface area contributed by atoms with Crippen LogP contribution in [0.2, 0.25) is 0 Å². The summed E-state index contributed by atoms with van der Waals surface area (Å²) in [6.07, 6.45) is 3.36. The highest BCUT2D eigenvalue weighted by Crippen LogP contribution is 2.43. The molecule has 1 saturated carbocycles. The molecular weight excluding hydrogens is 345 g/mol. The lowest BCUT2D eigenvalue weighted by atomic mass is 9.64. The van der Waals surface area contributed by atoms with Gasteiger partial charge in [0.05, 0.1) is 5.56 Å². The Morgan fingerprint density at radius 1 is 1.18 bits per heavy atom. The van der Waals surface area contributed by atoms with E-state index in [2.05, 4.69) is 33.4 Å². The van der Waals surface area contributed by atoms with Crippen LogP contribution in [-0.2, 0) is 5.41 Å². The fourth-order valence-electron chi connectivity index (χ4n) is 2.98. The van der Waals surface area contributed by atoms with Crippen molar-refractivity contribution in [3.05, 3.63) is 69.9 Å². The van der Waals surface area contributed by atoms with Crippen molar-refractivity contribution < 1.29 is 9.18 Å². The van der Waals surface area contributed by atoms with Gasteiger partial charge in [0.2, 0.25) is 0 Å². The Balaban J connectivity index is 1.72. The minimum atomic E-state index is -0.358. The Morgan fingerprint density at radius 3 is 2.50 bits per heavy atom. The van der Waals surface area contributed by atoms with Gasteiger partial charge in [-0.1, -0.05) is 36.8 Å². The largest absolute Gasteiger partial charge is 0.351 e. The number of hydrogen-bond acceptors (Lipinski definition) is 1. The van der Waals surface area contributed by atoms with Gasteiger partial charge in [0.25, 0.3) is 5.91 Å². The molecule has 2 aromatic carbocycles. The molecule has 1 N–H and O–H groups in total. The molecule has 22 heavy (non-hydrogen) atoms. The lowest BCUT2D eigenvalue weighted by molar-refractivity contribution is 0.0927. The number of rotatable bonds is 4. The molecule has 0 radical (unpaired) electrons. The fraction of sp³-hybridized carbons (Fsp3) is 0.278. The van der Waals surface area contributed by atoms with E-state index in [1.54, 1.807) is 0 Å². The summed E-state index contributed by atoms with van der Waals surface area (Å²) in [7, 11) is 0. The van der Waals surface area contributed by atoms with Gasteiger partial charge in [-0.3, -0.25) is 4.79 Å². The molecule has 1 fully saturated rings. The highest BCUT2D eigenvalue weighted by atomic mass is 79.9. The summed E-state index contributed by atoms with van der Waals surface area (Å²) in [5, 5.41) is 3.01. The van der Waals surface area contributed by atoms with Crippen molar-refractivity contribution in [1.82, 2.24) is 5.32 Å². The predicted octanol–water partition coefficient (Wildman–Crippen LogP) is 4.44. The second-order valence-corrected chi connectivity index (χ2v) is 6.66. The lowest BCUT2D eigenvalue weighted by Crippen LogP contribution is -2.45. The van der Waals surface area contributed by atoms with Crippen molar-refractivity contribution >= 4 is 21.8 Å². The molecule has 2 aromatic rings. The maximum absolute atomic E-state index is 13.1. The normalized spacial score (nSPS) is 15.9. The molecule has 4 heteroatoms. The van der Waals surface area contributed by atoms with E-state index < -0.39 is 0 Å². The van der Waals surface area contributed by atoms with Crippen LogP contribution in [0, 0.1) is 5.82 Å². The van der Waals surface area contributed by atoms with Crippen molar-refractivity contribution in [1.29, 1.82) is 0 Å². The number of carbonyl (C=O) groups excluding carboxylic acids is 1. The van der Waals surface area contributed by atoms with E-state index in [4.69, 9.17) is 0 Å². The van der Waals surface area contributed by atoms with E-state index >= 15 is 0 Å². The fourth-order valence-corrected chi connectivity index (χ4v) is 3.51. The smallest absolute Gasteiger partial charge is 0.252 e. The van der Waals surface area contributed by atoms with Crippen molar-refractivity contribution in [2.24, 2.45) is 0 Å². The highest BCUT2D eigenvalue weighted by molar-refractivity contribution is 9.10. The van der Waals surface area contributed by atoms with Crippen LogP contribution < -0.4 is 5.32 Å². The molecule has 0 saturated heterocycles. The Kier molecular flexibility index (Phi) is 4.30. The van der Waals surface area contributed by atoms with Crippen LogP contribution in [-0.4, -0.2) is 12.5 Å². The number of carbonyl (C=O) groups is 1. The van der Waals surface area contributed by atoms with Crippen LogP contribution in [0.4, 0.5) is 4.39 Å². The van der Waals surface area contributed by atoms with Gasteiger partial charge in [-0.05, 0) is 52.5 Å². The molecule has 114 valence electrons. The van der Waals surface area contributed by atoms with Crippen LogP contribution >= 0.6 is 15.9 Å². The Hall–Kier alpha value is -1.68. The Morgan fingerprint density at radius 2 is 1.91 bits per heavy atom. The summed E-state index contributed by atoms with van der Waals surface area (Å²) in [6.45, 7) is 0.611. The van der Waals surface area contributed by atoms with Crippen LogP contribution in [0.5, 0.6) is 0 Å². The Bertz CT molecular complexity index is 683. The molecule has 1 amide bonds. The first-order chi connectivity index (χ1) is 10.6. The van der Waals surface area contributed by atoms with Crippen molar-refractivity contribution in [2.75, 3.05) is 6.54 Å². The van der Waals surface area contributed by atoms with Crippen molar-refractivity contribution in [2.45, 2.75) is 24.7 Å². The first kappa shape index (κ1) is 15.2. The summed E-state index contributed by atoms with van der Waals surface area (Å²) in [4.78, 5) is 12.3. The van der Waals surface area contributed by atoms with Gasteiger partial charge in [-0.15, -0.1) is 0 Å². The van der Waals surface area contributed by atoms with Gasteiger partial charge in [-0.25, -0.2) is 4.39 Å². The minimum Gasteiger partial charge on any atom is -0.351 e. The molecule has 0 unspecified atom stereocenters. The molecule has 0 spiro atoms. The predicted molar refractivity (Wildman–Crippen MR) is 88.4 cm³/mol. The van der Waals surface area contributed by atoms with E-state index in [0.29, 0.717) is 16.6 Å². The SMILES string of the molecule is O=C(NCC1(c2ccccc2)CCC1)c1ccc(F)cc1Br. The third-order valence-electron chi connectivity index (χ3n) is 4.46. The van der Waals surface area contributed by atoms with Crippen LogP contribution in [0.15, 0.2) is 53.0 Å². The Labute approximate surface area is 137 Å². The van der Waals surface area contributed by atoms with Crippen molar-refractivity contribution in [3.63, 3.8) is 0 Å². The van der Waals surface area contributed by atoms with Crippen molar-refractivity contribution in [3.8, 4) is 0 Å². The monoisotopic (exact) mass is 361 g/mol. The maximum atomic E-state index is 13.1. The van der Waals surface area contributed by atoms with E-state index in [0.717, 1.165) is 12.8 Å². The van der Waals surface area contributed by atoms with Gasteiger partial charge in [0.1, 0.15) is 5.82 Å². The van der Waals surface area contributed by atoms with E-state index in [1.165, 1.54) is 30.2 Å². The second kappa shape index (κ2) is 6.21. The van der Waals surface area contributed by atoms with Crippen LogP contribution in [0.25, 0.3) is 0 Å². The standard InChI is InChI=1S/C18H17BrFNO/c19-16-11-14(20)7-8-15(16)17(22)21-12-18(9-4-10-18)13-5-2-1-3-6-13/h1-3,5-8,11H,4,9-10,12H2,(H,21,22). The summed E-state index contributed by atoms with van der Waals surface area (Å²) in [6, 6.07) is 14.4. The third kappa shape index (κ3) is 2.93. The molecule has 3 rings (SSSR count). The molecule has 0 atom stereocenters. The van der Waals surface area contributed by atoms with Crippen LogP contribution in [0.1, 0.15) is 35.2 Å². The van der Waals surface area contributed by atoms with Gasteiger partial charge in [-0.2, -0.15) is 0 Å². The number of nitrogens with one attached hydrogen (secondary N) is 1. The molecular formula is C18H17BrFNO. The molecule has 0 bridgehead atoms. The summed E-state index contributed by atoms with van der Waals surface area (Å²) in [5.74, 6) is -0.530. The lowest BCUT2D eigenvalue weighted by Gasteiger charge is -2.42. The molecule has 0 aromatic heterocycles. The average molecular weight is 362 g/mol. The van der Waals surface area contributed by atoms with E-state index in [-0.39, 0.29) is 17.1 Å². The number of halogens is 2. The minimum absolute atomic E-state index is 0.0451. The van der Waals surface area contributed by atoms with E-state index in [9.17, 15) is 9.18 Å². The summed E-state index contributed by atoms with van der Waals surface area (Å²) >= 11 is 3.24. The molecule has 0 heterocycles. The zero-order valence-corrected chi connectivity index (χ0v) is 13.7. The molecule has 1 aliphatic carbocycles. The van der Waals surface area contributed by atoms with Gasteiger partial charge in [0, 0.05) is 16.4 Å². The summed E-state index contributed by atoms with van der Waals surface area (Å²) < 4.78 is 13.6. The van der Waals surface area contributed by atoms with Crippen LogP contribution in [0.3, 0.4) is 0 Å². The average Bonchev–Trinajstić information content (AvgIpc) is 2.47. The topological polar surface area (TPSA) is 29.1 Å². The van der Waals surface area contributed by atoms with Gasteiger partial charge < -0.3 is 5.32 Å². The molecule has 2 nitrogen and oxygen atoms in total. The maximum Gasteiger partial charge on any atom is 0.252 e. The third-order valence-corrected chi connectivity index (χ3v) is 5.12. The highest BCUT2D eigenvalue weighted by Gasteiger charge is 2.38.